The molecule has 1 fully saturated rings. The number of nitrogens with zero attached hydrogens (tertiary/aromatic N) is 1. The van der Waals surface area contributed by atoms with Gasteiger partial charge in [-0.05, 0) is 19.3 Å². The monoisotopic (exact) mass is 222 g/mol. The van der Waals surface area contributed by atoms with Crippen LogP contribution in [0.3, 0.4) is 0 Å². The molecule has 1 unspecified atom stereocenters. The molecule has 90 valence electrons. The van der Waals surface area contributed by atoms with Crippen LogP contribution >= 0.6 is 0 Å². The summed E-state index contributed by atoms with van der Waals surface area (Å²) in [5.41, 5.74) is 0. The van der Waals surface area contributed by atoms with E-state index in [1.807, 2.05) is 4.90 Å². The van der Waals surface area contributed by atoms with E-state index in [-0.39, 0.29) is 11.9 Å². The van der Waals surface area contributed by atoms with Crippen molar-refractivity contribution in [1.82, 2.24) is 10.2 Å². The van der Waals surface area contributed by atoms with E-state index >= 15 is 0 Å². The van der Waals surface area contributed by atoms with Crippen LogP contribution in [0.4, 0.5) is 0 Å². The molecule has 1 saturated heterocycles. The highest BCUT2D eigenvalue weighted by Gasteiger charge is 2.21. The summed E-state index contributed by atoms with van der Waals surface area (Å²) < 4.78 is 0. The van der Waals surface area contributed by atoms with Gasteiger partial charge in [0.2, 0.25) is 5.91 Å². The molecule has 0 aromatic heterocycles. The van der Waals surface area contributed by atoms with Crippen molar-refractivity contribution in [2.75, 3.05) is 13.1 Å². The van der Waals surface area contributed by atoms with E-state index in [2.05, 4.69) is 18.2 Å². The average Bonchev–Trinajstić information content (AvgIpc) is 2.29. The largest absolute Gasteiger partial charge is 0.343 e. The maximum Gasteiger partial charge on any atom is 0.219 e. The van der Waals surface area contributed by atoms with E-state index in [9.17, 15) is 4.79 Å². The number of hydrogen-bond acceptors (Lipinski definition) is 2. The van der Waals surface area contributed by atoms with E-state index < -0.39 is 0 Å². The fraction of sp³-hybridized carbons (Fsp3) is 0.769. The number of rotatable bonds is 4. The number of carbonyl (C=O) groups excluding carboxylic acids is 1. The molecule has 0 bridgehead atoms. The zero-order valence-corrected chi connectivity index (χ0v) is 10.3. The van der Waals surface area contributed by atoms with Crippen LogP contribution < -0.4 is 5.32 Å². The van der Waals surface area contributed by atoms with Gasteiger partial charge < -0.3 is 10.2 Å². The smallest absolute Gasteiger partial charge is 0.219 e. The first-order valence-corrected chi connectivity index (χ1v) is 6.15. The molecule has 3 heteroatoms. The zero-order chi connectivity index (χ0) is 12.0. The second kappa shape index (κ2) is 6.55. The van der Waals surface area contributed by atoms with Crippen LogP contribution in [0.25, 0.3) is 0 Å². The molecule has 1 atom stereocenters. The first kappa shape index (κ1) is 13.1. The summed E-state index contributed by atoms with van der Waals surface area (Å²) in [6.45, 7) is 5.49. The predicted molar refractivity (Wildman–Crippen MR) is 65.9 cm³/mol. The van der Waals surface area contributed by atoms with Crippen molar-refractivity contribution in [2.45, 2.75) is 51.6 Å². The fourth-order valence-corrected chi connectivity index (χ4v) is 2.15. The van der Waals surface area contributed by atoms with Crippen molar-refractivity contribution in [3.8, 4) is 12.3 Å². The molecule has 1 aliphatic rings. The molecular weight excluding hydrogens is 200 g/mol. The maximum absolute atomic E-state index is 11.2. The molecule has 1 aliphatic heterocycles. The topological polar surface area (TPSA) is 32.3 Å². The van der Waals surface area contributed by atoms with E-state index in [1.165, 1.54) is 0 Å². The Morgan fingerprint density at radius 2 is 2.19 bits per heavy atom. The summed E-state index contributed by atoms with van der Waals surface area (Å²) in [5, 5.41) is 3.49. The summed E-state index contributed by atoms with van der Waals surface area (Å²) in [4.78, 5) is 13.1. The van der Waals surface area contributed by atoms with Crippen molar-refractivity contribution in [3.63, 3.8) is 0 Å². The van der Waals surface area contributed by atoms with Gasteiger partial charge in [-0.15, -0.1) is 6.42 Å². The van der Waals surface area contributed by atoms with Gasteiger partial charge in [-0.1, -0.05) is 19.3 Å². The Labute approximate surface area is 98.6 Å². The SMILES string of the molecule is C#CC(CCC)NC1CCN(C(C)=O)CC1. The quantitative estimate of drug-likeness (QED) is 0.729. The van der Waals surface area contributed by atoms with Gasteiger partial charge >= 0.3 is 0 Å². The lowest BCUT2D eigenvalue weighted by Gasteiger charge is -2.33. The third kappa shape index (κ3) is 3.86. The Balaban J connectivity index is 2.31. The molecule has 16 heavy (non-hydrogen) atoms. The summed E-state index contributed by atoms with van der Waals surface area (Å²) in [6.07, 6.45) is 9.64. The summed E-state index contributed by atoms with van der Waals surface area (Å²) in [6, 6.07) is 0.669. The highest BCUT2D eigenvalue weighted by molar-refractivity contribution is 5.73. The number of hydrogen-bond donors (Lipinski definition) is 1. The van der Waals surface area contributed by atoms with Gasteiger partial charge in [0, 0.05) is 26.1 Å². The third-order valence-corrected chi connectivity index (χ3v) is 3.16. The van der Waals surface area contributed by atoms with Crippen LogP contribution in [0.5, 0.6) is 0 Å². The standard InChI is InChI=1S/C13H22N2O/c1-4-6-12(5-2)14-13-7-9-15(10-8-13)11(3)16/h2,12-14H,4,6-10H2,1,3H3. The Morgan fingerprint density at radius 1 is 1.56 bits per heavy atom. The molecule has 0 aliphatic carbocycles. The number of amides is 1. The minimum absolute atomic E-state index is 0.181. The van der Waals surface area contributed by atoms with Gasteiger partial charge in [0.1, 0.15) is 0 Å². The normalized spacial score (nSPS) is 19.2. The Bertz CT molecular complexity index is 262. The van der Waals surface area contributed by atoms with E-state index in [0.29, 0.717) is 6.04 Å². The van der Waals surface area contributed by atoms with Crippen LogP contribution in [-0.2, 0) is 4.79 Å². The average molecular weight is 222 g/mol. The lowest BCUT2D eigenvalue weighted by atomic mass is 10.0. The Morgan fingerprint density at radius 3 is 2.62 bits per heavy atom. The molecule has 0 radical (unpaired) electrons. The third-order valence-electron chi connectivity index (χ3n) is 3.16. The molecule has 1 heterocycles. The van der Waals surface area contributed by atoms with Crippen LogP contribution in [0.2, 0.25) is 0 Å². The number of terminal acetylenes is 1. The van der Waals surface area contributed by atoms with Gasteiger partial charge in [0.05, 0.1) is 6.04 Å². The van der Waals surface area contributed by atoms with Crippen LogP contribution in [0, 0.1) is 12.3 Å². The minimum Gasteiger partial charge on any atom is -0.343 e. The van der Waals surface area contributed by atoms with Crippen molar-refractivity contribution in [3.05, 3.63) is 0 Å². The predicted octanol–water partition coefficient (Wildman–Crippen LogP) is 1.39. The lowest BCUT2D eigenvalue weighted by molar-refractivity contribution is -0.129. The molecule has 1 N–H and O–H groups in total. The second-order valence-corrected chi connectivity index (χ2v) is 4.45. The molecule has 0 aromatic rings. The van der Waals surface area contributed by atoms with E-state index in [4.69, 9.17) is 6.42 Å². The van der Waals surface area contributed by atoms with Crippen molar-refractivity contribution < 1.29 is 4.79 Å². The molecule has 0 aromatic carbocycles. The van der Waals surface area contributed by atoms with Crippen LogP contribution in [0.15, 0.2) is 0 Å². The molecule has 3 nitrogen and oxygen atoms in total. The van der Waals surface area contributed by atoms with Gasteiger partial charge in [-0.3, -0.25) is 4.79 Å². The van der Waals surface area contributed by atoms with Gasteiger partial charge in [-0.2, -0.15) is 0 Å². The molecule has 1 amide bonds. The lowest BCUT2D eigenvalue weighted by Crippen LogP contribution is -2.47. The number of nitrogens with one attached hydrogen (secondary N) is 1. The van der Waals surface area contributed by atoms with Crippen molar-refractivity contribution in [1.29, 1.82) is 0 Å². The highest BCUT2D eigenvalue weighted by atomic mass is 16.2. The summed E-state index contributed by atoms with van der Waals surface area (Å²) >= 11 is 0. The first-order valence-electron chi connectivity index (χ1n) is 6.15. The van der Waals surface area contributed by atoms with Crippen molar-refractivity contribution >= 4 is 5.91 Å². The molecule has 1 rings (SSSR count). The highest BCUT2D eigenvalue weighted by Crippen LogP contribution is 2.11. The molecule has 0 spiro atoms. The number of carbonyl (C=O) groups is 1. The van der Waals surface area contributed by atoms with E-state index in [0.717, 1.165) is 38.8 Å². The van der Waals surface area contributed by atoms with Gasteiger partial charge in [0.15, 0.2) is 0 Å². The molecular formula is C13H22N2O. The summed E-state index contributed by atoms with van der Waals surface area (Å²) in [7, 11) is 0. The van der Waals surface area contributed by atoms with Crippen molar-refractivity contribution in [2.24, 2.45) is 0 Å². The van der Waals surface area contributed by atoms with Gasteiger partial charge in [0.25, 0.3) is 0 Å². The Kier molecular flexibility index (Phi) is 5.34. The van der Waals surface area contributed by atoms with E-state index in [1.54, 1.807) is 6.92 Å². The second-order valence-electron chi connectivity index (χ2n) is 4.45. The first-order chi connectivity index (χ1) is 7.67. The number of likely N-dealkylation sites (tertiary alicyclic amines) is 1. The molecule has 0 saturated carbocycles. The zero-order valence-electron chi connectivity index (χ0n) is 10.3. The number of piperidine rings is 1. The Hall–Kier alpha value is -1.01. The summed E-state index contributed by atoms with van der Waals surface area (Å²) in [5.74, 6) is 2.97. The maximum atomic E-state index is 11.2. The van der Waals surface area contributed by atoms with Gasteiger partial charge in [-0.25, -0.2) is 0 Å². The van der Waals surface area contributed by atoms with Crippen LogP contribution in [0.1, 0.15) is 39.5 Å². The van der Waals surface area contributed by atoms with Crippen LogP contribution in [-0.4, -0.2) is 36.0 Å². The minimum atomic E-state index is 0.181. The fourth-order valence-electron chi connectivity index (χ4n) is 2.15.